The number of hydrogen-bond acceptors (Lipinski definition) is 3. The van der Waals surface area contributed by atoms with E-state index in [1.54, 1.807) is 0 Å². The quantitative estimate of drug-likeness (QED) is 0.481. The zero-order chi connectivity index (χ0) is 18.0. The van der Waals surface area contributed by atoms with Gasteiger partial charge in [-0.1, -0.05) is 58.8 Å². The summed E-state index contributed by atoms with van der Waals surface area (Å²) in [5, 5.41) is 9.84. The van der Waals surface area contributed by atoms with Crippen molar-refractivity contribution in [2.24, 2.45) is 5.92 Å². The lowest BCUT2D eigenvalue weighted by atomic mass is 9.69. The van der Waals surface area contributed by atoms with Gasteiger partial charge in [-0.2, -0.15) is 5.26 Å². The van der Waals surface area contributed by atoms with Crippen LogP contribution in [0.2, 0.25) is 0 Å². The van der Waals surface area contributed by atoms with Crippen LogP contribution >= 0.6 is 0 Å². The molecule has 3 nitrogen and oxygen atoms in total. The molecule has 1 fully saturated rings. The number of nitrogens with zero attached hydrogens (tertiary/aromatic N) is 3. The normalized spacial score (nSPS) is 23.3. The smallest absolute Gasteiger partial charge is 0.148 e. The van der Waals surface area contributed by atoms with Crippen LogP contribution in [0.5, 0.6) is 0 Å². The van der Waals surface area contributed by atoms with E-state index >= 15 is 0 Å². The Balaban J connectivity index is 1.85. The molecule has 0 radical (unpaired) electrons. The van der Waals surface area contributed by atoms with Crippen LogP contribution in [0.3, 0.4) is 0 Å². The average molecular weight is 342 g/mol. The topological polar surface area (TPSA) is 49.6 Å². The molecule has 0 bridgehead atoms. The molecule has 0 N–H and O–H groups in total. The molecular weight excluding hydrogens is 306 g/mol. The van der Waals surface area contributed by atoms with Crippen molar-refractivity contribution in [1.82, 2.24) is 9.97 Å². The fraction of sp³-hybridized carbons (Fsp3) is 0.773. The average Bonchev–Trinajstić information content (AvgIpc) is 2.67. The molecule has 1 saturated carbocycles. The van der Waals surface area contributed by atoms with Crippen LogP contribution in [-0.2, 0) is 11.8 Å². The summed E-state index contributed by atoms with van der Waals surface area (Å²) in [6, 6.07) is 2.58. The highest BCUT2D eigenvalue weighted by molar-refractivity contribution is 5.22. The van der Waals surface area contributed by atoms with Gasteiger partial charge in [0.15, 0.2) is 0 Å². The second-order valence-corrected chi connectivity index (χ2v) is 7.86. The Bertz CT molecular complexity index is 521. The van der Waals surface area contributed by atoms with E-state index in [1.165, 1.54) is 56.9 Å². The molecule has 0 aliphatic heterocycles. The first-order valence-electron chi connectivity index (χ1n) is 10.5. The predicted octanol–water partition coefficient (Wildman–Crippen LogP) is 6.13. The van der Waals surface area contributed by atoms with Crippen LogP contribution in [0, 0.1) is 17.2 Å². The van der Waals surface area contributed by atoms with Crippen molar-refractivity contribution in [1.29, 1.82) is 5.26 Å². The largest absolute Gasteiger partial charge is 0.239 e. The van der Waals surface area contributed by atoms with Crippen molar-refractivity contribution in [3.05, 3.63) is 23.8 Å². The molecule has 0 spiro atoms. The number of aromatic nitrogens is 2. The van der Waals surface area contributed by atoms with Gasteiger partial charge in [0.1, 0.15) is 11.2 Å². The number of rotatable bonds is 10. The lowest BCUT2D eigenvalue weighted by molar-refractivity contribution is 0.253. The zero-order valence-electron chi connectivity index (χ0n) is 16.3. The molecule has 3 heteroatoms. The standard InChI is InChI=1S/C22H35N3/c1-3-5-7-8-9-11-19-12-14-22(18-23,15-13-19)21-24-16-20(17-25-21)10-6-4-2/h16-17,19H,3-15H2,1-2H3. The van der Waals surface area contributed by atoms with Gasteiger partial charge in [0.25, 0.3) is 0 Å². The molecule has 2 rings (SSSR count). The van der Waals surface area contributed by atoms with Crippen molar-refractivity contribution >= 4 is 0 Å². The highest BCUT2D eigenvalue weighted by Gasteiger charge is 2.39. The molecule has 1 aliphatic rings. The summed E-state index contributed by atoms with van der Waals surface area (Å²) in [5.74, 6) is 1.56. The van der Waals surface area contributed by atoms with Gasteiger partial charge in [-0.3, -0.25) is 0 Å². The van der Waals surface area contributed by atoms with Crippen molar-refractivity contribution in [3.63, 3.8) is 0 Å². The minimum absolute atomic E-state index is 0.442. The van der Waals surface area contributed by atoms with E-state index < -0.39 is 5.41 Å². The molecule has 0 saturated heterocycles. The Labute approximate surface area is 154 Å². The Morgan fingerprint density at radius 2 is 1.64 bits per heavy atom. The fourth-order valence-electron chi connectivity index (χ4n) is 3.99. The van der Waals surface area contributed by atoms with Gasteiger partial charge in [0.2, 0.25) is 0 Å². The minimum atomic E-state index is -0.442. The maximum atomic E-state index is 9.84. The molecule has 25 heavy (non-hydrogen) atoms. The van der Waals surface area contributed by atoms with Crippen LogP contribution in [0.15, 0.2) is 12.4 Å². The third-order valence-corrected chi connectivity index (χ3v) is 5.84. The molecule has 1 aliphatic carbocycles. The summed E-state index contributed by atoms with van der Waals surface area (Å²) in [6.45, 7) is 4.46. The van der Waals surface area contributed by atoms with Crippen molar-refractivity contribution in [2.75, 3.05) is 0 Å². The van der Waals surface area contributed by atoms with Crippen molar-refractivity contribution in [2.45, 2.75) is 103 Å². The lowest BCUT2D eigenvalue weighted by Gasteiger charge is -2.33. The molecule has 1 aromatic heterocycles. The van der Waals surface area contributed by atoms with Crippen LogP contribution in [-0.4, -0.2) is 9.97 Å². The summed E-state index contributed by atoms with van der Waals surface area (Å²) in [6.07, 6.45) is 19.6. The maximum Gasteiger partial charge on any atom is 0.148 e. The first-order valence-corrected chi connectivity index (χ1v) is 10.5. The minimum Gasteiger partial charge on any atom is -0.239 e. The Hall–Kier alpha value is -1.43. The van der Waals surface area contributed by atoms with Gasteiger partial charge in [-0.25, -0.2) is 9.97 Å². The van der Waals surface area contributed by atoms with E-state index in [1.807, 2.05) is 12.4 Å². The van der Waals surface area contributed by atoms with E-state index in [4.69, 9.17) is 0 Å². The first kappa shape index (κ1) is 19.9. The summed E-state index contributed by atoms with van der Waals surface area (Å²) in [7, 11) is 0. The van der Waals surface area contributed by atoms with Crippen LogP contribution in [0.25, 0.3) is 0 Å². The molecule has 0 atom stereocenters. The Kier molecular flexibility index (Phi) is 8.38. The maximum absolute atomic E-state index is 9.84. The number of unbranched alkanes of at least 4 members (excludes halogenated alkanes) is 5. The summed E-state index contributed by atoms with van der Waals surface area (Å²) in [4.78, 5) is 9.17. The zero-order valence-corrected chi connectivity index (χ0v) is 16.3. The van der Waals surface area contributed by atoms with E-state index in [2.05, 4.69) is 29.9 Å². The van der Waals surface area contributed by atoms with E-state index in [9.17, 15) is 5.26 Å². The van der Waals surface area contributed by atoms with Crippen LogP contribution < -0.4 is 0 Å². The highest BCUT2D eigenvalue weighted by Crippen LogP contribution is 2.41. The monoisotopic (exact) mass is 341 g/mol. The number of nitriles is 1. The molecule has 0 aromatic carbocycles. The molecule has 0 unspecified atom stereocenters. The Morgan fingerprint density at radius 1 is 1.00 bits per heavy atom. The number of hydrogen-bond donors (Lipinski definition) is 0. The SMILES string of the molecule is CCCCCCCC1CCC(C#N)(c2ncc(CCCC)cn2)CC1. The van der Waals surface area contributed by atoms with Gasteiger partial charge in [-0.15, -0.1) is 0 Å². The highest BCUT2D eigenvalue weighted by atomic mass is 14.9. The van der Waals surface area contributed by atoms with Gasteiger partial charge < -0.3 is 0 Å². The molecular formula is C22H35N3. The van der Waals surface area contributed by atoms with Gasteiger partial charge >= 0.3 is 0 Å². The second-order valence-electron chi connectivity index (χ2n) is 7.86. The number of aryl methyl sites for hydroxylation is 1. The van der Waals surface area contributed by atoms with Gasteiger partial charge in [0.05, 0.1) is 6.07 Å². The summed E-state index contributed by atoms with van der Waals surface area (Å²) < 4.78 is 0. The van der Waals surface area contributed by atoms with Crippen LogP contribution in [0.4, 0.5) is 0 Å². The third kappa shape index (κ3) is 5.80. The van der Waals surface area contributed by atoms with E-state index in [-0.39, 0.29) is 0 Å². The van der Waals surface area contributed by atoms with E-state index in [0.717, 1.165) is 43.8 Å². The molecule has 138 valence electrons. The van der Waals surface area contributed by atoms with Crippen molar-refractivity contribution in [3.8, 4) is 6.07 Å². The van der Waals surface area contributed by atoms with Crippen molar-refractivity contribution < 1.29 is 0 Å². The summed E-state index contributed by atoms with van der Waals surface area (Å²) in [5.41, 5.74) is 0.751. The van der Waals surface area contributed by atoms with E-state index in [0.29, 0.717) is 0 Å². The lowest BCUT2D eigenvalue weighted by Crippen LogP contribution is -2.32. The Morgan fingerprint density at radius 3 is 2.24 bits per heavy atom. The fourth-order valence-corrected chi connectivity index (χ4v) is 3.99. The molecule has 0 amide bonds. The summed E-state index contributed by atoms with van der Waals surface area (Å²) >= 11 is 0. The van der Waals surface area contributed by atoms with Crippen LogP contribution in [0.1, 0.15) is 102 Å². The second kappa shape index (κ2) is 10.5. The third-order valence-electron chi connectivity index (χ3n) is 5.84. The van der Waals surface area contributed by atoms with Gasteiger partial charge in [0, 0.05) is 12.4 Å². The first-order chi connectivity index (χ1) is 12.2. The predicted molar refractivity (Wildman–Crippen MR) is 103 cm³/mol. The van der Waals surface area contributed by atoms with Gasteiger partial charge in [-0.05, 0) is 50.0 Å². The molecule has 1 heterocycles. The molecule has 1 aromatic rings.